The molecule has 0 aromatic heterocycles. The van der Waals surface area contributed by atoms with Crippen LogP contribution in [0.1, 0.15) is 47.4 Å². The van der Waals surface area contributed by atoms with Gasteiger partial charge in [-0.05, 0) is 54.3 Å². The van der Waals surface area contributed by atoms with Crippen LogP contribution in [0.5, 0.6) is 0 Å². The first-order chi connectivity index (χ1) is 12.8. The molecular formula is C23H29N2O2. The largest absolute Gasteiger partial charge is 0.345 e. The number of amides is 1. The van der Waals surface area contributed by atoms with Gasteiger partial charge in [0.05, 0.1) is 0 Å². The highest BCUT2D eigenvalue weighted by atomic mass is 16.2. The summed E-state index contributed by atoms with van der Waals surface area (Å²) in [5, 5.41) is 1.99. The topological polar surface area (TPSA) is 40.6 Å². The van der Waals surface area contributed by atoms with Crippen molar-refractivity contribution in [3.8, 4) is 0 Å². The van der Waals surface area contributed by atoms with Gasteiger partial charge < -0.3 is 9.80 Å². The standard InChI is InChI=1S/C23H29N2O2/c1-16(2)14-25-11-5-6-21(15-25)22(26)19-9-7-18-13-20(23(27)24(3)4)10-8-17(18)12-19/h7-10,12-13,21H,5-6,11,14-15H2,1-4H3. The molecule has 1 fully saturated rings. The van der Waals surface area contributed by atoms with E-state index in [9.17, 15) is 9.59 Å². The maximum atomic E-state index is 13.0. The molecule has 2 aromatic rings. The molecule has 0 saturated carbocycles. The van der Waals surface area contributed by atoms with Crippen LogP contribution in [0.25, 0.3) is 10.8 Å². The van der Waals surface area contributed by atoms with E-state index in [-0.39, 0.29) is 17.6 Å². The van der Waals surface area contributed by atoms with Crippen molar-refractivity contribution in [3.63, 3.8) is 0 Å². The van der Waals surface area contributed by atoms with E-state index < -0.39 is 0 Å². The fourth-order valence-electron chi connectivity index (χ4n) is 3.89. The van der Waals surface area contributed by atoms with Gasteiger partial charge in [-0.2, -0.15) is 0 Å². The van der Waals surface area contributed by atoms with Crippen molar-refractivity contribution in [1.82, 2.24) is 9.80 Å². The Bertz CT molecular complexity index is 841. The molecule has 1 atom stereocenters. The van der Waals surface area contributed by atoms with E-state index in [4.69, 9.17) is 0 Å². The highest BCUT2D eigenvalue weighted by Crippen LogP contribution is 2.25. The molecule has 27 heavy (non-hydrogen) atoms. The van der Waals surface area contributed by atoms with E-state index in [0.717, 1.165) is 48.8 Å². The van der Waals surface area contributed by atoms with E-state index in [2.05, 4.69) is 18.7 Å². The molecule has 3 rings (SSSR count). The number of fused-ring (bicyclic) bond motifs is 1. The van der Waals surface area contributed by atoms with Gasteiger partial charge in [-0.25, -0.2) is 0 Å². The molecule has 143 valence electrons. The molecule has 1 radical (unpaired) electrons. The molecule has 0 aliphatic carbocycles. The average molecular weight is 365 g/mol. The second-order valence-electron chi connectivity index (χ2n) is 8.12. The number of benzene rings is 2. The van der Waals surface area contributed by atoms with Gasteiger partial charge >= 0.3 is 0 Å². The Morgan fingerprint density at radius 1 is 1.04 bits per heavy atom. The third kappa shape index (κ3) is 4.56. The highest BCUT2D eigenvalue weighted by Gasteiger charge is 2.27. The number of carbonyl (C=O) groups is 2. The summed E-state index contributed by atoms with van der Waals surface area (Å²) in [6.07, 6.45) is 2.04. The quantitative estimate of drug-likeness (QED) is 0.751. The Kier molecular flexibility index (Phi) is 5.95. The monoisotopic (exact) mass is 365 g/mol. The van der Waals surface area contributed by atoms with Crippen molar-refractivity contribution >= 4 is 22.5 Å². The van der Waals surface area contributed by atoms with Crippen LogP contribution in [0.15, 0.2) is 36.4 Å². The van der Waals surface area contributed by atoms with E-state index in [0.29, 0.717) is 5.56 Å². The first-order valence-corrected chi connectivity index (χ1v) is 9.66. The first kappa shape index (κ1) is 19.6. The van der Waals surface area contributed by atoms with E-state index in [1.807, 2.05) is 36.4 Å². The van der Waals surface area contributed by atoms with Gasteiger partial charge in [-0.1, -0.05) is 32.0 Å². The maximum Gasteiger partial charge on any atom is 0.253 e. The molecule has 0 spiro atoms. The van der Waals surface area contributed by atoms with E-state index in [1.54, 1.807) is 19.0 Å². The second kappa shape index (κ2) is 8.22. The Labute approximate surface area is 162 Å². The minimum absolute atomic E-state index is 0.0117. The zero-order chi connectivity index (χ0) is 19.6. The predicted octanol–water partition coefficient (Wildman–Crippen LogP) is 4.05. The van der Waals surface area contributed by atoms with Gasteiger partial charge in [-0.3, -0.25) is 9.59 Å². The molecule has 1 unspecified atom stereocenters. The van der Waals surface area contributed by atoms with Crippen LogP contribution in [0, 0.1) is 11.8 Å². The van der Waals surface area contributed by atoms with Crippen molar-refractivity contribution in [2.24, 2.45) is 5.92 Å². The summed E-state index contributed by atoms with van der Waals surface area (Å²) in [6, 6.07) is 11.5. The Hall–Kier alpha value is -2.20. The summed E-state index contributed by atoms with van der Waals surface area (Å²) in [4.78, 5) is 29.2. The molecular weight excluding hydrogens is 336 g/mol. The summed E-state index contributed by atoms with van der Waals surface area (Å²) < 4.78 is 0. The zero-order valence-electron chi connectivity index (χ0n) is 16.8. The Morgan fingerprint density at radius 2 is 1.67 bits per heavy atom. The second-order valence-corrected chi connectivity index (χ2v) is 8.12. The number of nitrogens with zero attached hydrogens (tertiary/aromatic N) is 2. The summed E-state index contributed by atoms with van der Waals surface area (Å²) >= 11 is 0. The van der Waals surface area contributed by atoms with Crippen LogP contribution in [-0.4, -0.2) is 55.2 Å². The van der Waals surface area contributed by atoms with Gasteiger partial charge in [0.2, 0.25) is 0 Å². The molecule has 4 nitrogen and oxygen atoms in total. The van der Waals surface area contributed by atoms with Crippen LogP contribution >= 0.6 is 0 Å². The minimum Gasteiger partial charge on any atom is -0.345 e. The van der Waals surface area contributed by atoms with Crippen LogP contribution < -0.4 is 0 Å². The summed E-state index contributed by atoms with van der Waals surface area (Å²) in [5.74, 6) is 1.69. The summed E-state index contributed by atoms with van der Waals surface area (Å²) in [6.45, 7) is 7.19. The lowest BCUT2D eigenvalue weighted by Crippen LogP contribution is -2.40. The molecule has 2 aromatic carbocycles. The van der Waals surface area contributed by atoms with Crippen molar-refractivity contribution in [2.75, 3.05) is 33.7 Å². The molecule has 1 aliphatic heterocycles. The predicted molar refractivity (Wildman–Crippen MR) is 110 cm³/mol. The Balaban J connectivity index is 1.79. The highest BCUT2D eigenvalue weighted by molar-refractivity contribution is 6.03. The maximum absolute atomic E-state index is 13.0. The molecule has 0 bridgehead atoms. The Morgan fingerprint density at radius 3 is 2.30 bits per heavy atom. The van der Waals surface area contributed by atoms with Crippen LogP contribution in [0.2, 0.25) is 0 Å². The lowest BCUT2D eigenvalue weighted by molar-refractivity contribution is 0.0819. The fraction of sp³-hybridized carbons (Fsp3) is 0.435. The number of hydrogen-bond acceptors (Lipinski definition) is 3. The van der Waals surface area contributed by atoms with Gasteiger partial charge in [0.25, 0.3) is 5.91 Å². The summed E-state index contributed by atoms with van der Waals surface area (Å²) in [7, 11) is 3.50. The number of carbonyl (C=O) groups excluding carboxylic acids is 2. The first-order valence-electron chi connectivity index (χ1n) is 9.66. The van der Waals surface area contributed by atoms with E-state index >= 15 is 0 Å². The fourth-order valence-corrected chi connectivity index (χ4v) is 3.89. The van der Waals surface area contributed by atoms with Gasteiger partial charge in [-0.15, -0.1) is 0 Å². The lowest BCUT2D eigenvalue weighted by Gasteiger charge is -2.33. The molecule has 1 amide bonds. The SMILES string of the molecule is C[C](C)CN1CCCC(C(=O)c2ccc3cc(C(=O)N(C)C)ccc3c2)C1. The van der Waals surface area contributed by atoms with Gasteiger partial charge in [0.1, 0.15) is 0 Å². The molecule has 4 heteroatoms. The zero-order valence-corrected chi connectivity index (χ0v) is 16.8. The molecule has 0 N–H and O–H groups in total. The number of ketones is 1. The minimum atomic E-state index is -0.0117. The van der Waals surface area contributed by atoms with E-state index in [1.165, 1.54) is 5.92 Å². The normalized spacial score (nSPS) is 18.0. The van der Waals surface area contributed by atoms with Crippen molar-refractivity contribution in [2.45, 2.75) is 26.7 Å². The number of Topliss-reactive ketones (excluding diaryl/α,β-unsaturated/α-hetero) is 1. The van der Waals surface area contributed by atoms with Crippen LogP contribution in [-0.2, 0) is 0 Å². The number of rotatable bonds is 5. The number of hydrogen-bond donors (Lipinski definition) is 0. The smallest absolute Gasteiger partial charge is 0.253 e. The molecule has 1 aliphatic rings. The third-order valence-corrected chi connectivity index (χ3v) is 5.19. The van der Waals surface area contributed by atoms with Gasteiger partial charge in [0, 0.05) is 44.2 Å². The van der Waals surface area contributed by atoms with Crippen LogP contribution in [0.4, 0.5) is 0 Å². The molecule has 1 saturated heterocycles. The van der Waals surface area contributed by atoms with Crippen molar-refractivity contribution < 1.29 is 9.59 Å². The summed E-state index contributed by atoms with van der Waals surface area (Å²) in [5.41, 5.74) is 1.44. The lowest BCUT2D eigenvalue weighted by atomic mass is 9.89. The third-order valence-electron chi connectivity index (χ3n) is 5.19. The number of likely N-dealkylation sites (tertiary alicyclic amines) is 1. The van der Waals surface area contributed by atoms with Crippen molar-refractivity contribution in [1.29, 1.82) is 0 Å². The van der Waals surface area contributed by atoms with Crippen LogP contribution in [0.3, 0.4) is 0 Å². The number of piperidine rings is 1. The van der Waals surface area contributed by atoms with Gasteiger partial charge in [0.15, 0.2) is 5.78 Å². The van der Waals surface area contributed by atoms with Crippen molar-refractivity contribution in [3.05, 3.63) is 53.4 Å². The average Bonchev–Trinajstić information content (AvgIpc) is 2.65. The molecule has 1 heterocycles.